The van der Waals surface area contributed by atoms with Crippen LogP contribution in [0.3, 0.4) is 0 Å². The molecule has 0 atom stereocenters. The van der Waals surface area contributed by atoms with Crippen molar-refractivity contribution >= 4 is 22.5 Å². The lowest BCUT2D eigenvalue weighted by Gasteiger charge is -2.12. The van der Waals surface area contributed by atoms with Gasteiger partial charge in [0.2, 0.25) is 0 Å². The Balaban J connectivity index is 1.54. The molecule has 0 N–H and O–H groups in total. The van der Waals surface area contributed by atoms with Gasteiger partial charge in [-0.3, -0.25) is 0 Å². The summed E-state index contributed by atoms with van der Waals surface area (Å²) in [5.74, 6) is 0.687. The van der Waals surface area contributed by atoms with Gasteiger partial charge in [0, 0.05) is 33.5 Å². The minimum atomic E-state index is 0.687. The zero-order valence-electron chi connectivity index (χ0n) is 19.2. The van der Waals surface area contributed by atoms with E-state index in [2.05, 4.69) is 72.2 Å². The van der Waals surface area contributed by atoms with Crippen molar-refractivity contribution in [2.24, 2.45) is 0 Å². The summed E-state index contributed by atoms with van der Waals surface area (Å²) in [5, 5.41) is 1.82. The molecular formula is C31H22ClN3. The molecule has 0 saturated carbocycles. The Bertz CT molecular complexity index is 1600. The van der Waals surface area contributed by atoms with Gasteiger partial charge in [-0.15, -0.1) is 0 Å². The molecule has 0 aliphatic carbocycles. The molecule has 2 aromatic heterocycles. The lowest BCUT2D eigenvalue weighted by atomic mass is 10.1. The zero-order chi connectivity index (χ0) is 23.8. The lowest BCUT2D eigenvalue weighted by molar-refractivity contribution is 1.05. The predicted octanol–water partition coefficient (Wildman–Crippen LogP) is 8.38. The van der Waals surface area contributed by atoms with Gasteiger partial charge in [0.1, 0.15) is 0 Å². The summed E-state index contributed by atoms with van der Waals surface area (Å²) in [4.78, 5) is 9.96. The molecule has 0 spiro atoms. The van der Waals surface area contributed by atoms with E-state index in [9.17, 15) is 0 Å². The first kappa shape index (κ1) is 21.3. The molecule has 35 heavy (non-hydrogen) atoms. The highest BCUT2D eigenvalue weighted by molar-refractivity contribution is 6.36. The molecule has 2 heterocycles. The van der Waals surface area contributed by atoms with Crippen LogP contribution in [0, 0.1) is 6.92 Å². The second-order valence-corrected chi connectivity index (χ2v) is 8.87. The Morgan fingerprint density at radius 2 is 1.17 bits per heavy atom. The number of halogens is 1. The average Bonchev–Trinajstić information content (AvgIpc) is 3.19. The zero-order valence-corrected chi connectivity index (χ0v) is 19.9. The molecule has 0 aliphatic rings. The smallest absolute Gasteiger partial charge is 0.160 e. The van der Waals surface area contributed by atoms with E-state index in [0.717, 1.165) is 55.4 Å². The topological polar surface area (TPSA) is 30.7 Å². The molecule has 3 nitrogen and oxygen atoms in total. The minimum Gasteiger partial charge on any atom is -0.312 e. The highest BCUT2D eigenvalue weighted by atomic mass is 35.5. The average molecular weight is 472 g/mol. The summed E-state index contributed by atoms with van der Waals surface area (Å²) in [5.41, 5.74) is 7.97. The fraction of sp³-hybridized carbons (Fsp3) is 0.0323. The summed E-state index contributed by atoms with van der Waals surface area (Å²) in [6.45, 7) is 2.05. The molecule has 0 bridgehead atoms. The van der Waals surface area contributed by atoms with Crippen LogP contribution in [-0.4, -0.2) is 14.5 Å². The summed E-state index contributed by atoms with van der Waals surface area (Å²) >= 11 is 6.69. The first-order valence-corrected chi connectivity index (χ1v) is 11.9. The number of fused-ring (bicyclic) bond motifs is 1. The van der Waals surface area contributed by atoms with Crippen molar-refractivity contribution in [3.8, 4) is 39.6 Å². The van der Waals surface area contributed by atoms with Crippen molar-refractivity contribution < 1.29 is 0 Å². The van der Waals surface area contributed by atoms with Gasteiger partial charge < -0.3 is 4.57 Å². The normalized spacial score (nSPS) is 11.1. The number of para-hydroxylation sites is 1. The molecule has 0 radical (unpaired) electrons. The van der Waals surface area contributed by atoms with E-state index >= 15 is 0 Å². The third-order valence-electron chi connectivity index (χ3n) is 6.26. The second-order valence-electron chi connectivity index (χ2n) is 8.50. The number of hydrogen-bond acceptors (Lipinski definition) is 2. The Kier molecular flexibility index (Phi) is 5.40. The van der Waals surface area contributed by atoms with Gasteiger partial charge >= 0.3 is 0 Å². The number of aromatic nitrogens is 3. The third-order valence-corrected chi connectivity index (χ3v) is 6.74. The van der Waals surface area contributed by atoms with Crippen LogP contribution >= 0.6 is 11.6 Å². The van der Waals surface area contributed by atoms with Crippen LogP contribution in [0.25, 0.3) is 50.5 Å². The van der Waals surface area contributed by atoms with Gasteiger partial charge in [-0.1, -0.05) is 103 Å². The summed E-state index contributed by atoms with van der Waals surface area (Å²) in [7, 11) is 0. The maximum atomic E-state index is 6.69. The number of benzene rings is 4. The second kappa shape index (κ2) is 8.86. The molecule has 4 aromatic carbocycles. The van der Waals surface area contributed by atoms with Crippen LogP contribution in [0.5, 0.6) is 0 Å². The molecule has 0 aliphatic heterocycles. The van der Waals surface area contributed by atoms with Crippen LogP contribution in [0.2, 0.25) is 5.02 Å². The van der Waals surface area contributed by atoms with Crippen molar-refractivity contribution in [1.82, 2.24) is 14.5 Å². The lowest BCUT2D eigenvalue weighted by Crippen LogP contribution is -1.99. The van der Waals surface area contributed by atoms with Crippen molar-refractivity contribution in [3.05, 3.63) is 126 Å². The maximum Gasteiger partial charge on any atom is 0.160 e. The molecule has 168 valence electrons. The summed E-state index contributed by atoms with van der Waals surface area (Å²) in [6, 6.07) is 39.1. The first-order chi connectivity index (χ1) is 17.2. The molecule has 0 unspecified atom stereocenters. The van der Waals surface area contributed by atoms with Crippen molar-refractivity contribution in [3.63, 3.8) is 0 Å². The Morgan fingerprint density at radius 1 is 0.600 bits per heavy atom. The molecule has 4 heteroatoms. The van der Waals surface area contributed by atoms with E-state index in [1.807, 2.05) is 54.6 Å². The van der Waals surface area contributed by atoms with Gasteiger partial charge in [-0.25, -0.2) is 9.97 Å². The molecule has 6 aromatic rings. The maximum absolute atomic E-state index is 6.69. The Morgan fingerprint density at radius 3 is 1.83 bits per heavy atom. The summed E-state index contributed by atoms with van der Waals surface area (Å²) < 4.78 is 2.19. The quantitative estimate of drug-likeness (QED) is 0.258. The van der Waals surface area contributed by atoms with E-state index in [-0.39, 0.29) is 0 Å². The Hall–Kier alpha value is -4.21. The number of nitrogens with zero attached hydrogens (tertiary/aromatic N) is 3. The standard InChI is InChI=1S/C31H22ClN3/c1-21-30(32)26-17-8-9-18-29(26)35(21)25-16-10-15-24(19-25)31-33-27(22-11-4-2-5-12-22)20-28(34-31)23-13-6-3-7-14-23/h2-20H,1H3. The van der Waals surface area contributed by atoms with Gasteiger partial charge in [0.05, 0.1) is 21.9 Å². The fourth-order valence-electron chi connectivity index (χ4n) is 4.53. The van der Waals surface area contributed by atoms with Crippen LogP contribution in [-0.2, 0) is 0 Å². The van der Waals surface area contributed by atoms with Crippen molar-refractivity contribution in [2.75, 3.05) is 0 Å². The highest BCUT2D eigenvalue weighted by Gasteiger charge is 2.15. The molecular weight excluding hydrogens is 450 g/mol. The molecule has 6 rings (SSSR count). The largest absolute Gasteiger partial charge is 0.312 e. The van der Waals surface area contributed by atoms with E-state index < -0.39 is 0 Å². The van der Waals surface area contributed by atoms with Crippen LogP contribution in [0.4, 0.5) is 0 Å². The van der Waals surface area contributed by atoms with Gasteiger partial charge in [-0.05, 0) is 31.2 Å². The van der Waals surface area contributed by atoms with E-state index in [1.54, 1.807) is 0 Å². The fourth-order valence-corrected chi connectivity index (χ4v) is 4.78. The Labute approximate surface area is 209 Å². The monoisotopic (exact) mass is 471 g/mol. The predicted molar refractivity (Wildman–Crippen MR) is 145 cm³/mol. The van der Waals surface area contributed by atoms with E-state index in [0.29, 0.717) is 5.82 Å². The third kappa shape index (κ3) is 3.90. The van der Waals surface area contributed by atoms with Crippen LogP contribution in [0.1, 0.15) is 5.69 Å². The van der Waals surface area contributed by atoms with Crippen LogP contribution < -0.4 is 0 Å². The van der Waals surface area contributed by atoms with Gasteiger partial charge in [0.15, 0.2) is 5.82 Å². The number of rotatable bonds is 4. The van der Waals surface area contributed by atoms with Crippen molar-refractivity contribution in [2.45, 2.75) is 6.92 Å². The minimum absolute atomic E-state index is 0.687. The van der Waals surface area contributed by atoms with E-state index in [4.69, 9.17) is 21.6 Å². The number of hydrogen-bond donors (Lipinski definition) is 0. The molecule has 0 amide bonds. The first-order valence-electron chi connectivity index (χ1n) is 11.6. The SMILES string of the molecule is Cc1c(Cl)c2ccccc2n1-c1cccc(-c2nc(-c3ccccc3)cc(-c3ccccc3)n2)c1. The summed E-state index contributed by atoms with van der Waals surface area (Å²) in [6.07, 6.45) is 0. The van der Waals surface area contributed by atoms with E-state index in [1.165, 1.54) is 0 Å². The highest BCUT2D eigenvalue weighted by Crippen LogP contribution is 2.34. The van der Waals surface area contributed by atoms with Gasteiger partial charge in [-0.2, -0.15) is 0 Å². The molecule has 0 saturated heterocycles. The van der Waals surface area contributed by atoms with Crippen LogP contribution in [0.15, 0.2) is 115 Å². The molecule has 0 fully saturated rings. The van der Waals surface area contributed by atoms with Gasteiger partial charge in [0.25, 0.3) is 0 Å². The van der Waals surface area contributed by atoms with Crippen molar-refractivity contribution in [1.29, 1.82) is 0 Å².